The van der Waals surface area contributed by atoms with Gasteiger partial charge in [0.25, 0.3) is 5.91 Å². The molecule has 3 aromatic rings. The van der Waals surface area contributed by atoms with Crippen molar-refractivity contribution in [1.29, 1.82) is 0 Å². The molecule has 30 heavy (non-hydrogen) atoms. The number of benzene rings is 2. The van der Waals surface area contributed by atoms with Crippen molar-refractivity contribution in [1.82, 2.24) is 4.98 Å². The maximum absolute atomic E-state index is 13.4. The summed E-state index contributed by atoms with van der Waals surface area (Å²) in [6, 6.07) is 16.5. The number of hydrogen-bond acceptors (Lipinski definition) is 6. The van der Waals surface area contributed by atoms with Crippen LogP contribution in [0.1, 0.15) is 29.1 Å². The van der Waals surface area contributed by atoms with Gasteiger partial charge in [-0.15, -0.1) is 0 Å². The van der Waals surface area contributed by atoms with Gasteiger partial charge >= 0.3 is 0 Å². The van der Waals surface area contributed by atoms with E-state index in [2.05, 4.69) is 10.3 Å². The lowest BCUT2D eigenvalue weighted by atomic mass is 10.2. The fourth-order valence-corrected chi connectivity index (χ4v) is 3.57. The lowest BCUT2D eigenvalue weighted by Crippen LogP contribution is -2.33. The number of amides is 1. The number of pyridine rings is 1. The van der Waals surface area contributed by atoms with Crippen LogP contribution in [0.25, 0.3) is 0 Å². The standard InChI is InChI=1S/C23H23N3O4/c1-4-30-19-10-6-5-9-17(19)25-22-21-16(8-7-13-24-21)23(27)26(22)18-14-15(28-2)11-12-20(18)29-3/h5-14,22,25H,4H2,1-3H3/t22-/m1/s1. The third-order valence-electron chi connectivity index (χ3n) is 4.93. The Morgan fingerprint density at radius 1 is 1.03 bits per heavy atom. The van der Waals surface area contributed by atoms with E-state index in [1.54, 1.807) is 55.6 Å². The molecule has 4 rings (SSSR count). The van der Waals surface area contributed by atoms with Crippen LogP contribution in [0.2, 0.25) is 0 Å². The minimum absolute atomic E-state index is 0.170. The summed E-state index contributed by atoms with van der Waals surface area (Å²) in [5, 5.41) is 3.44. The molecule has 1 atom stereocenters. The first kappa shape index (κ1) is 19.6. The molecule has 1 aliphatic rings. The van der Waals surface area contributed by atoms with Crippen LogP contribution < -0.4 is 24.4 Å². The third kappa shape index (κ3) is 3.39. The molecule has 7 heteroatoms. The van der Waals surface area contributed by atoms with E-state index in [1.165, 1.54) is 0 Å². The number of nitrogens with zero attached hydrogens (tertiary/aromatic N) is 2. The molecule has 0 spiro atoms. The van der Waals surface area contributed by atoms with E-state index < -0.39 is 6.17 Å². The largest absolute Gasteiger partial charge is 0.497 e. The van der Waals surface area contributed by atoms with Gasteiger partial charge in [-0.05, 0) is 43.3 Å². The normalized spacial score (nSPS) is 15.0. The molecule has 0 bridgehead atoms. The summed E-state index contributed by atoms with van der Waals surface area (Å²) < 4.78 is 16.7. The Kier molecular flexibility index (Phi) is 5.43. The smallest absolute Gasteiger partial charge is 0.262 e. The van der Waals surface area contributed by atoms with E-state index in [0.29, 0.717) is 40.8 Å². The predicted octanol–water partition coefficient (Wildman–Crippen LogP) is 4.27. The van der Waals surface area contributed by atoms with Crippen molar-refractivity contribution in [2.24, 2.45) is 0 Å². The molecule has 0 saturated heterocycles. The van der Waals surface area contributed by atoms with Crippen LogP contribution in [-0.2, 0) is 0 Å². The molecule has 0 aliphatic carbocycles. The second-order valence-corrected chi connectivity index (χ2v) is 6.63. The Bertz CT molecular complexity index is 1070. The Hall–Kier alpha value is -3.74. The maximum Gasteiger partial charge on any atom is 0.262 e. The van der Waals surface area contributed by atoms with E-state index in [4.69, 9.17) is 14.2 Å². The molecule has 1 aromatic heterocycles. The van der Waals surface area contributed by atoms with Crippen LogP contribution in [0, 0.1) is 0 Å². The average molecular weight is 405 g/mol. The van der Waals surface area contributed by atoms with Gasteiger partial charge in [-0.1, -0.05) is 12.1 Å². The molecule has 2 heterocycles. The number of hydrogen-bond donors (Lipinski definition) is 1. The fourth-order valence-electron chi connectivity index (χ4n) is 3.57. The molecule has 154 valence electrons. The number of methoxy groups -OCH3 is 2. The molecule has 1 amide bonds. The Morgan fingerprint density at radius 3 is 2.63 bits per heavy atom. The SMILES string of the molecule is CCOc1ccccc1N[C@H]1c2ncccc2C(=O)N1c1cc(OC)ccc1OC. The highest BCUT2D eigenvalue weighted by Gasteiger charge is 2.40. The zero-order valence-electron chi connectivity index (χ0n) is 17.1. The first-order valence-corrected chi connectivity index (χ1v) is 9.66. The monoisotopic (exact) mass is 405 g/mol. The number of para-hydroxylation sites is 2. The predicted molar refractivity (Wildman–Crippen MR) is 115 cm³/mol. The van der Waals surface area contributed by atoms with Gasteiger partial charge in [0, 0.05) is 12.3 Å². The molecule has 7 nitrogen and oxygen atoms in total. The summed E-state index contributed by atoms with van der Waals surface area (Å²) in [5.74, 6) is 1.71. The summed E-state index contributed by atoms with van der Waals surface area (Å²) in [6.07, 6.45) is 1.14. The summed E-state index contributed by atoms with van der Waals surface area (Å²) in [7, 11) is 3.16. The molecule has 2 aromatic carbocycles. The number of carbonyl (C=O) groups is 1. The van der Waals surface area contributed by atoms with Crippen LogP contribution in [0.3, 0.4) is 0 Å². The molecule has 0 saturated carbocycles. The quantitative estimate of drug-likeness (QED) is 0.633. The zero-order valence-corrected chi connectivity index (χ0v) is 17.1. The second kappa shape index (κ2) is 8.32. The number of ether oxygens (including phenoxy) is 3. The number of nitrogens with one attached hydrogen (secondary N) is 1. The number of aromatic nitrogens is 1. The van der Waals surface area contributed by atoms with Gasteiger partial charge < -0.3 is 19.5 Å². The van der Waals surface area contributed by atoms with Crippen molar-refractivity contribution >= 4 is 17.3 Å². The van der Waals surface area contributed by atoms with E-state index in [1.807, 2.05) is 31.2 Å². The number of rotatable bonds is 7. The van der Waals surface area contributed by atoms with Gasteiger partial charge in [-0.2, -0.15) is 0 Å². The zero-order chi connectivity index (χ0) is 21.1. The van der Waals surface area contributed by atoms with E-state index in [-0.39, 0.29) is 5.91 Å². The fraction of sp³-hybridized carbons (Fsp3) is 0.217. The van der Waals surface area contributed by atoms with Gasteiger partial charge in [-0.25, -0.2) is 0 Å². The van der Waals surface area contributed by atoms with Crippen molar-refractivity contribution in [3.8, 4) is 17.2 Å². The highest BCUT2D eigenvalue weighted by atomic mass is 16.5. The van der Waals surface area contributed by atoms with Gasteiger partial charge in [0.05, 0.1) is 43.5 Å². The third-order valence-corrected chi connectivity index (χ3v) is 4.93. The van der Waals surface area contributed by atoms with Gasteiger partial charge in [0.1, 0.15) is 17.2 Å². The molecule has 0 radical (unpaired) electrons. The lowest BCUT2D eigenvalue weighted by molar-refractivity contribution is 0.0992. The van der Waals surface area contributed by atoms with Gasteiger partial charge in [-0.3, -0.25) is 14.7 Å². The topological polar surface area (TPSA) is 72.9 Å². The molecular weight excluding hydrogens is 382 g/mol. The van der Waals surface area contributed by atoms with Crippen molar-refractivity contribution in [2.75, 3.05) is 31.0 Å². The van der Waals surface area contributed by atoms with Crippen LogP contribution >= 0.6 is 0 Å². The summed E-state index contributed by atoms with van der Waals surface area (Å²) >= 11 is 0. The first-order chi connectivity index (χ1) is 14.7. The molecular formula is C23H23N3O4. The van der Waals surface area contributed by atoms with Crippen LogP contribution in [0.4, 0.5) is 11.4 Å². The van der Waals surface area contributed by atoms with E-state index >= 15 is 0 Å². The summed E-state index contributed by atoms with van der Waals surface area (Å²) in [5.41, 5.74) is 2.53. The Balaban J connectivity index is 1.83. The van der Waals surface area contributed by atoms with Crippen LogP contribution in [-0.4, -0.2) is 31.7 Å². The molecule has 0 fully saturated rings. The number of fused-ring (bicyclic) bond motifs is 1. The minimum Gasteiger partial charge on any atom is -0.497 e. The van der Waals surface area contributed by atoms with Gasteiger partial charge in [0.2, 0.25) is 0 Å². The van der Waals surface area contributed by atoms with Crippen LogP contribution in [0.15, 0.2) is 60.8 Å². The van der Waals surface area contributed by atoms with Crippen molar-refractivity contribution in [3.63, 3.8) is 0 Å². The van der Waals surface area contributed by atoms with Crippen molar-refractivity contribution in [3.05, 3.63) is 72.1 Å². The van der Waals surface area contributed by atoms with E-state index in [0.717, 1.165) is 5.69 Å². The minimum atomic E-state index is -0.545. The first-order valence-electron chi connectivity index (χ1n) is 9.66. The lowest BCUT2D eigenvalue weighted by Gasteiger charge is -2.28. The highest BCUT2D eigenvalue weighted by Crippen LogP contribution is 2.43. The Labute approximate surface area is 175 Å². The number of carbonyl (C=O) groups excluding carboxylic acids is 1. The molecule has 1 aliphatic heterocycles. The number of anilines is 2. The molecule has 0 unspecified atom stereocenters. The van der Waals surface area contributed by atoms with Crippen LogP contribution in [0.5, 0.6) is 17.2 Å². The summed E-state index contributed by atoms with van der Waals surface area (Å²) in [6.45, 7) is 2.46. The average Bonchev–Trinajstić information content (AvgIpc) is 3.06. The Morgan fingerprint density at radius 2 is 1.87 bits per heavy atom. The second-order valence-electron chi connectivity index (χ2n) is 6.63. The molecule has 1 N–H and O–H groups in total. The summed E-state index contributed by atoms with van der Waals surface area (Å²) in [4.78, 5) is 19.5. The van der Waals surface area contributed by atoms with Gasteiger partial charge in [0.15, 0.2) is 6.17 Å². The van der Waals surface area contributed by atoms with E-state index in [9.17, 15) is 4.79 Å². The van der Waals surface area contributed by atoms with Crippen molar-refractivity contribution in [2.45, 2.75) is 13.1 Å². The van der Waals surface area contributed by atoms with Crippen molar-refractivity contribution < 1.29 is 19.0 Å². The maximum atomic E-state index is 13.4. The highest BCUT2D eigenvalue weighted by molar-refractivity contribution is 6.11.